The van der Waals surface area contributed by atoms with Crippen molar-refractivity contribution in [1.29, 1.82) is 0 Å². The van der Waals surface area contributed by atoms with Crippen molar-refractivity contribution in [1.82, 2.24) is 0 Å². The molecule has 0 rings (SSSR count). The van der Waals surface area contributed by atoms with E-state index in [4.69, 9.17) is 0 Å². The van der Waals surface area contributed by atoms with Gasteiger partial charge in [-0.15, -0.1) is 0 Å². The van der Waals surface area contributed by atoms with Gasteiger partial charge in [0.25, 0.3) is 0 Å². The molecule has 0 aliphatic heterocycles. The summed E-state index contributed by atoms with van der Waals surface area (Å²) in [4.78, 5) is 0. The van der Waals surface area contributed by atoms with E-state index < -0.39 is 0 Å². The molecular formula is C7H16ClN. The quantitative estimate of drug-likeness (QED) is 0.339. The third kappa shape index (κ3) is 7.96. The molecule has 0 aromatic heterocycles. The highest BCUT2D eigenvalue weighted by atomic mass is 35.5. The van der Waals surface area contributed by atoms with Crippen molar-refractivity contribution in [3.8, 4) is 0 Å². The summed E-state index contributed by atoms with van der Waals surface area (Å²) in [5, 5.41) is 0. The van der Waals surface area contributed by atoms with Crippen LogP contribution in [0.15, 0.2) is 0 Å². The summed E-state index contributed by atoms with van der Waals surface area (Å²) in [7, 11) is 0. The fourth-order valence-corrected chi connectivity index (χ4v) is 0.744. The van der Waals surface area contributed by atoms with Crippen LogP contribution in [-0.2, 0) is 0 Å². The highest BCUT2D eigenvalue weighted by Crippen LogP contribution is 1.80. The molecule has 0 heterocycles. The second-order valence-corrected chi connectivity index (χ2v) is 2.12. The summed E-state index contributed by atoms with van der Waals surface area (Å²) in [6.45, 7) is 10.5. The smallest absolute Gasteiger partial charge is 0.142 e. The van der Waals surface area contributed by atoms with Gasteiger partial charge in [0, 0.05) is 12.8 Å². The predicted octanol–water partition coefficient (Wildman–Crippen LogP) is -1.48. The largest absolute Gasteiger partial charge is 1.00 e. The van der Waals surface area contributed by atoms with E-state index in [1.54, 1.807) is 0 Å². The van der Waals surface area contributed by atoms with Gasteiger partial charge < -0.3 is 12.4 Å². The normalized spacial score (nSPS) is 8.22. The van der Waals surface area contributed by atoms with Crippen LogP contribution in [0.4, 0.5) is 0 Å². The molecule has 0 fully saturated rings. The second-order valence-electron chi connectivity index (χ2n) is 2.12. The number of rotatable bonds is 4. The Bertz CT molecular complexity index is 63.3. The maximum Gasteiger partial charge on any atom is 0.142 e. The minimum absolute atomic E-state index is 0. The van der Waals surface area contributed by atoms with E-state index in [0.29, 0.717) is 0 Å². The minimum Gasteiger partial charge on any atom is -1.00 e. The van der Waals surface area contributed by atoms with Crippen molar-refractivity contribution >= 4 is 6.72 Å². The first kappa shape index (κ1) is 11.7. The molecule has 0 saturated carbocycles. The lowest BCUT2D eigenvalue weighted by molar-refractivity contribution is -0.519. The Morgan fingerprint density at radius 1 is 1.11 bits per heavy atom. The maximum absolute atomic E-state index is 3.85. The van der Waals surface area contributed by atoms with E-state index in [1.807, 2.05) is 0 Å². The van der Waals surface area contributed by atoms with Crippen LogP contribution >= 0.6 is 0 Å². The Hall–Kier alpha value is -0.0400. The van der Waals surface area contributed by atoms with Crippen molar-refractivity contribution in [2.24, 2.45) is 0 Å². The number of hydrogen-bond donors (Lipinski definition) is 0. The highest BCUT2D eigenvalue weighted by molar-refractivity contribution is 5.14. The topological polar surface area (TPSA) is 3.01 Å². The summed E-state index contributed by atoms with van der Waals surface area (Å²) in [6.07, 6.45) is 2.42. The molecule has 0 N–H and O–H groups in total. The summed E-state index contributed by atoms with van der Waals surface area (Å²) in [6, 6.07) is 0. The van der Waals surface area contributed by atoms with Crippen molar-refractivity contribution in [2.75, 3.05) is 13.1 Å². The van der Waals surface area contributed by atoms with E-state index >= 15 is 0 Å². The first-order valence-corrected chi connectivity index (χ1v) is 3.36. The molecule has 0 atom stereocenters. The van der Waals surface area contributed by atoms with E-state index in [-0.39, 0.29) is 12.4 Å². The summed E-state index contributed by atoms with van der Waals surface area (Å²) < 4.78 is 2.11. The van der Waals surface area contributed by atoms with Crippen LogP contribution < -0.4 is 12.4 Å². The first-order valence-electron chi connectivity index (χ1n) is 3.36. The van der Waals surface area contributed by atoms with Gasteiger partial charge in [-0.25, -0.2) is 4.58 Å². The van der Waals surface area contributed by atoms with Gasteiger partial charge in [-0.1, -0.05) is 13.8 Å². The second kappa shape index (κ2) is 7.96. The average Bonchev–Trinajstić information content (AvgIpc) is 1.68. The SMILES string of the molecule is C=[N+](CCC)CCC.[Cl-]. The lowest BCUT2D eigenvalue weighted by Gasteiger charge is -1.94. The molecule has 0 unspecified atom stereocenters. The Morgan fingerprint density at radius 3 is 1.67 bits per heavy atom. The molecule has 56 valence electrons. The molecule has 0 saturated heterocycles. The van der Waals surface area contributed by atoms with Gasteiger partial charge in [0.1, 0.15) is 19.8 Å². The molecule has 2 heteroatoms. The lowest BCUT2D eigenvalue weighted by atomic mass is 10.4. The zero-order valence-electron chi connectivity index (χ0n) is 6.36. The Morgan fingerprint density at radius 2 is 1.44 bits per heavy atom. The van der Waals surface area contributed by atoms with Gasteiger partial charge in [-0.3, -0.25) is 0 Å². The molecule has 9 heavy (non-hydrogen) atoms. The molecule has 0 aliphatic carbocycles. The molecule has 0 bridgehead atoms. The van der Waals surface area contributed by atoms with Gasteiger partial charge in [0.05, 0.1) is 0 Å². The Labute approximate surface area is 64.2 Å². The van der Waals surface area contributed by atoms with Crippen molar-refractivity contribution in [2.45, 2.75) is 26.7 Å². The van der Waals surface area contributed by atoms with Gasteiger partial charge in [-0.05, 0) is 0 Å². The number of nitrogens with zero attached hydrogens (tertiary/aromatic N) is 1. The molecule has 1 nitrogen and oxygen atoms in total. The first-order chi connectivity index (χ1) is 3.81. The number of halogens is 1. The summed E-state index contributed by atoms with van der Waals surface area (Å²) in [5.41, 5.74) is 0. The van der Waals surface area contributed by atoms with E-state index in [0.717, 1.165) is 13.1 Å². The molecule has 0 radical (unpaired) electrons. The van der Waals surface area contributed by atoms with Gasteiger partial charge in [0.15, 0.2) is 0 Å². The maximum atomic E-state index is 3.85. The van der Waals surface area contributed by atoms with Gasteiger partial charge >= 0.3 is 0 Å². The highest BCUT2D eigenvalue weighted by Gasteiger charge is 1.92. The molecule has 0 aromatic carbocycles. The van der Waals surface area contributed by atoms with Crippen molar-refractivity contribution in [3.05, 3.63) is 0 Å². The average molecular weight is 150 g/mol. The van der Waals surface area contributed by atoms with Crippen LogP contribution in [-0.4, -0.2) is 24.4 Å². The van der Waals surface area contributed by atoms with Crippen LogP contribution in [0.2, 0.25) is 0 Å². The van der Waals surface area contributed by atoms with Crippen LogP contribution in [0.1, 0.15) is 26.7 Å². The third-order valence-electron chi connectivity index (χ3n) is 1.08. The molecular weight excluding hydrogens is 134 g/mol. The minimum atomic E-state index is 0. The van der Waals surface area contributed by atoms with Crippen LogP contribution in [0.5, 0.6) is 0 Å². The lowest BCUT2D eigenvalue weighted by Crippen LogP contribution is -3.00. The molecule has 0 aromatic rings. The Kier molecular flexibility index (Phi) is 10.4. The molecule has 0 spiro atoms. The number of hydrogen-bond acceptors (Lipinski definition) is 0. The monoisotopic (exact) mass is 149 g/mol. The zero-order valence-corrected chi connectivity index (χ0v) is 7.12. The Balaban J connectivity index is 0. The fraction of sp³-hybridized carbons (Fsp3) is 0.857. The standard InChI is InChI=1S/C7H16N.ClH/c1-4-6-8(3)7-5-2;/h3-7H2,1-2H3;1H/q+1;/p-1. The van der Waals surface area contributed by atoms with Crippen molar-refractivity contribution < 1.29 is 17.0 Å². The van der Waals surface area contributed by atoms with Crippen LogP contribution in [0, 0.1) is 0 Å². The third-order valence-corrected chi connectivity index (χ3v) is 1.08. The predicted molar refractivity (Wildman–Crippen MR) is 37.7 cm³/mol. The van der Waals surface area contributed by atoms with E-state index in [1.165, 1.54) is 12.8 Å². The molecule has 0 amide bonds. The fourth-order valence-electron chi connectivity index (χ4n) is 0.744. The summed E-state index contributed by atoms with van der Waals surface area (Å²) in [5.74, 6) is 0. The van der Waals surface area contributed by atoms with Gasteiger partial charge in [-0.2, -0.15) is 0 Å². The summed E-state index contributed by atoms with van der Waals surface area (Å²) >= 11 is 0. The van der Waals surface area contributed by atoms with Crippen molar-refractivity contribution in [3.63, 3.8) is 0 Å². The van der Waals surface area contributed by atoms with E-state index in [9.17, 15) is 0 Å². The van der Waals surface area contributed by atoms with Crippen LogP contribution in [0.25, 0.3) is 0 Å². The van der Waals surface area contributed by atoms with E-state index in [2.05, 4.69) is 25.1 Å². The van der Waals surface area contributed by atoms with Gasteiger partial charge in [0.2, 0.25) is 0 Å². The molecule has 0 aliphatic rings. The van der Waals surface area contributed by atoms with Crippen LogP contribution in [0.3, 0.4) is 0 Å². The zero-order chi connectivity index (χ0) is 6.41.